The second kappa shape index (κ2) is 6.18. The van der Waals surface area contributed by atoms with E-state index in [1.165, 1.54) is 0 Å². The molecule has 0 bridgehead atoms. The molecule has 0 radical (unpaired) electrons. The predicted molar refractivity (Wildman–Crippen MR) is 81.5 cm³/mol. The number of alkyl carbamates (subject to hydrolysis) is 1. The van der Waals surface area contributed by atoms with Crippen LogP contribution in [0.1, 0.15) is 41.5 Å². The third-order valence-electron chi connectivity index (χ3n) is 3.41. The number of nitrogens with one attached hydrogen (secondary N) is 1. The van der Waals surface area contributed by atoms with Crippen LogP contribution >= 0.6 is 0 Å². The SMILES string of the molecule is C[C@@H]1C=C[C@H](C(NC(=O)OC(C)(C)C)[C@H]2COC(C)(C)O2)O1. The molecular weight excluding hydrogens is 286 g/mol. The Morgan fingerprint density at radius 3 is 2.50 bits per heavy atom. The Labute approximate surface area is 132 Å². The fourth-order valence-corrected chi connectivity index (χ4v) is 2.53. The van der Waals surface area contributed by atoms with Crippen molar-refractivity contribution in [1.29, 1.82) is 0 Å². The summed E-state index contributed by atoms with van der Waals surface area (Å²) in [4.78, 5) is 12.1. The smallest absolute Gasteiger partial charge is 0.408 e. The van der Waals surface area contributed by atoms with Gasteiger partial charge in [0, 0.05) is 0 Å². The second-order valence-corrected chi connectivity index (χ2v) is 7.23. The molecular formula is C16H27NO5. The van der Waals surface area contributed by atoms with Crippen molar-refractivity contribution in [3.63, 3.8) is 0 Å². The topological polar surface area (TPSA) is 66.0 Å². The van der Waals surface area contributed by atoms with Gasteiger partial charge in [0.15, 0.2) is 5.79 Å². The summed E-state index contributed by atoms with van der Waals surface area (Å²) in [5.74, 6) is -0.660. The van der Waals surface area contributed by atoms with Crippen LogP contribution in [0.25, 0.3) is 0 Å². The molecule has 0 aromatic rings. The van der Waals surface area contributed by atoms with Gasteiger partial charge in [-0.3, -0.25) is 0 Å². The van der Waals surface area contributed by atoms with Gasteiger partial charge in [-0.25, -0.2) is 4.79 Å². The van der Waals surface area contributed by atoms with Crippen molar-refractivity contribution in [3.05, 3.63) is 12.2 Å². The number of rotatable bonds is 3. The summed E-state index contributed by atoms with van der Waals surface area (Å²) in [6, 6.07) is -0.363. The van der Waals surface area contributed by atoms with Crippen LogP contribution in [-0.2, 0) is 18.9 Å². The molecule has 0 spiro atoms. The van der Waals surface area contributed by atoms with Gasteiger partial charge >= 0.3 is 6.09 Å². The van der Waals surface area contributed by atoms with Crippen LogP contribution in [0.2, 0.25) is 0 Å². The number of carbonyl (C=O) groups excluding carboxylic acids is 1. The molecule has 0 saturated carbocycles. The molecule has 2 rings (SSSR count). The zero-order chi connectivity index (χ0) is 16.5. The van der Waals surface area contributed by atoms with Crippen LogP contribution in [0.3, 0.4) is 0 Å². The van der Waals surface area contributed by atoms with E-state index in [2.05, 4.69) is 5.32 Å². The lowest BCUT2D eigenvalue weighted by Gasteiger charge is -2.30. The Morgan fingerprint density at radius 2 is 2.05 bits per heavy atom. The van der Waals surface area contributed by atoms with E-state index in [0.717, 1.165) is 0 Å². The first-order valence-electron chi connectivity index (χ1n) is 7.71. The van der Waals surface area contributed by atoms with Gasteiger partial charge in [-0.2, -0.15) is 0 Å². The van der Waals surface area contributed by atoms with E-state index in [-0.39, 0.29) is 24.4 Å². The Bertz CT molecular complexity index is 440. The summed E-state index contributed by atoms with van der Waals surface area (Å²) in [6.45, 7) is 11.5. The van der Waals surface area contributed by atoms with E-state index in [4.69, 9.17) is 18.9 Å². The minimum absolute atomic E-state index is 0.0169. The molecule has 1 N–H and O–H groups in total. The van der Waals surface area contributed by atoms with E-state index in [0.29, 0.717) is 6.61 Å². The number of ether oxygens (including phenoxy) is 4. The standard InChI is InChI=1S/C16H27NO5/c1-10-7-8-11(20-10)13(12-9-19-16(5,6)21-12)17-14(18)22-15(2,3)4/h7-8,10-13H,9H2,1-6H3,(H,17,18)/t10-,11-,12-,13?/m1/s1. The van der Waals surface area contributed by atoms with Crippen molar-refractivity contribution in [2.75, 3.05) is 6.61 Å². The summed E-state index contributed by atoms with van der Waals surface area (Å²) < 4.78 is 22.7. The molecule has 0 aliphatic carbocycles. The van der Waals surface area contributed by atoms with Gasteiger partial charge in [0.25, 0.3) is 0 Å². The molecule has 1 amide bonds. The molecule has 2 heterocycles. The molecule has 22 heavy (non-hydrogen) atoms. The average Bonchev–Trinajstić information content (AvgIpc) is 2.90. The van der Waals surface area contributed by atoms with Crippen LogP contribution in [0, 0.1) is 0 Å². The van der Waals surface area contributed by atoms with Gasteiger partial charge in [0.1, 0.15) is 11.7 Å². The third kappa shape index (κ3) is 4.69. The molecule has 126 valence electrons. The molecule has 1 unspecified atom stereocenters. The maximum absolute atomic E-state index is 12.1. The minimum atomic E-state index is -0.660. The highest BCUT2D eigenvalue weighted by Crippen LogP contribution is 2.28. The maximum atomic E-state index is 12.1. The molecule has 0 aromatic heterocycles. The lowest BCUT2D eigenvalue weighted by Crippen LogP contribution is -2.53. The van der Waals surface area contributed by atoms with E-state index in [1.807, 2.05) is 53.7 Å². The Hall–Kier alpha value is -1.11. The molecule has 1 saturated heterocycles. The van der Waals surface area contributed by atoms with Crippen LogP contribution in [-0.4, -0.2) is 48.4 Å². The number of amides is 1. The van der Waals surface area contributed by atoms with Gasteiger partial charge in [-0.05, 0) is 41.5 Å². The lowest BCUT2D eigenvalue weighted by molar-refractivity contribution is -0.145. The molecule has 4 atom stereocenters. The first-order chi connectivity index (χ1) is 10.1. The summed E-state index contributed by atoms with van der Waals surface area (Å²) in [6.07, 6.45) is 2.90. The highest BCUT2D eigenvalue weighted by atomic mass is 16.7. The molecule has 2 aliphatic heterocycles. The first kappa shape index (κ1) is 17.2. The average molecular weight is 313 g/mol. The molecule has 2 aliphatic rings. The monoisotopic (exact) mass is 313 g/mol. The summed E-state index contributed by atoms with van der Waals surface area (Å²) in [5, 5.41) is 2.87. The van der Waals surface area contributed by atoms with Gasteiger partial charge < -0.3 is 24.3 Å². The zero-order valence-electron chi connectivity index (χ0n) is 14.2. The second-order valence-electron chi connectivity index (χ2n) is 7.23. The van der Waals surface area contributed by atoms with Crippen molar-refractivity contribution >= 4 is 6.09 Å². The molecule has 6 nitrogen and oxygen atoms in total. The van der Waals surface area contributed by atoms with Crippen LogP contribution in [0.15, 0.2) is 12.2 Å². The predicted octanol–water partition coefficient (Wildman–Crippen LogP) is 2.37. The number of hydrogen-bond acceptors (Lipinski definition) is 5. The number of carbonyl (C=O) groups is 1. The normalized spacial score (nSPS) is 32.0. The summed E-state index contributed by atoms with van der Waals surface area (Å²) in [7, 11) is 0. The summed E-state index contributed by atoms with van der Waals surface area (Å²) >= 11 is 0. The van der Waals surface area contributed by atoms with E-state index >= 15 is 0 Å². The molecule has 1 fully saturated rings. The minimum Gasteiger partial charge on any atom is -0.444 e. The first-order valence-corrected chi connectivity index (χ1v) is 7.71. The quantitative estimate of drug-likeness (QED) is 0.810. The molecule has 6 heteroatoms. The van der Waals surface area contributed by atoms with Crippen molar-refractivity contribution in [2.24, 2.45) is 0 Å². The van der Waals surface area contributed by atoms with E-state index in [9.17, 15) is 4.79 Å². The van der Waals surface area contributed by atoms with E-state index in [1.54, 1.807) is 0 Å². The fraction of sp³-hybridized carbons (Fsp3) is 0.812. The summed E-state index contributed by atoms with van der Waals surface area (Å²) in [5.41, 5.74) is -0.555. The van der Waals surface area contributed by atoms with Gasteiger partial charge in [-0.15, -0.1) is 0 Å². The zero-order valence-corrected chi connectivity index (χ0v) is 14.2. The maximum Gasteiger partial charge on any atom is 0.408 e. The highest BCUT2D eigenvalue weighted by molar-refractivity contribution is 5.68. The number of hydrogen-bond donors (Lipinski definition) is 1. The highest BCUT2D eigenvalue weighted by Gasteiger charge is 2.42. The van der Waals surface area contributed by atoms with Crippen molar-refractivity contribution in [1.82, 2.24) is 5.32 Å². The third-order valence-corrected chi connectivity index (χ3v) is 3.41. The van der Waals surface area contributed by atoms with Gasteiger partial charge in [0.05, 0.1) is 24.9 Å². The lowest BCUT2D eigenvalue weighted by atomic mass is 10.1. The van der Waals surface area contributed by atoms with E-state index < -0.39 is 17.5 Å². The van der Waals surface area contributed by atoms with Crippen molar-refractivity contribution < 1.29 is 23.7 Å². The Morgan fingerprint density at radius 1 is 1.36 bits per heavy atom. The van der Waals surface area contributed by atoms with Gasteiger partial charge in [0.2, 0.25) is 0 Å². The Kier molecular flexibility index (Phi) is 4.84. The fourth-order valence-electron chi connectivity index (χ4n) is 2.53. The van der Waals surface area contributed by atoms with Crippen LogP contribution in [0.5, 0.6) is 0 Å². The van der Waals surface area contributed by atoms with Crippen molar-refractivity contribution in [2.45, 2.75) is 77.3 Å². The van der Waals surface area contributed by atoms with Crippen molar-refractivity contribution in [3.8, 4) is 0 Å². The molecule has 0 aromatic carbocycles. The van der Waals surface area contributed by atoms with Crippen LogP contribution < -0.4 is 5.32 Å². The Balaban J connectivity index is 2.06. The van der Waals surface area contributed by atoms with Gasteiger partial charge in [-0.1, -0.05) is 12.2 Å². The largest absolute Gasteiger partial charge is 0.444 e. The van der Waals surface area contributed by atoms with Crippen LogP contribution in [0.4, 0.5) is 4.79 Å².